The van der Waals surface area contributed by atoms with E-state index >= 15 is 0 Å². The zero-order valence-electron chi connectivity index (χ0n) is 10.4. The summed E-state index contributed by atoms with van der Waals surface area (Å²) < 4.78 is 5.38. The summed E-state index contributed by atoms with van der Waals surface area (Å²) in [6, 6.07) is 10.7. The maximum absolute atomic E-state index is 12.0. The molecule has 4 heteroatoms. The molecule has 2 rings (SSSR count). The van der Waals surface area contributed by atoms with Gasteiger partial charge in [-0.25, -0.2) is 0 Å². The Balaban J connectivity index is 2.15. The van der Waals surface area contributed by atoms with Crippen molar-refractivity contribution in [3.05, 3.63) is 53.5 Å². The second-order valence-corrected chi connectivity index (χ2v) is 4.26. The number of carbonyl (C=O) groups excluding carboxylic acids is 1. The standard InChI is InChI=1S/C14H16N2O2/c1-9-5-3-4-6-11(9)16-14(17)13-8-7-12(18-13)10(2)15/h3-8,10H,15H2,1-2H3,(H,16,17). The molecule has 4 nitrogen and oxygen atoms in total. The molecule has 0 bridgehead atoms. The van der Waals surface area contributed by atoms with Gasteiger partial charge in [0.2, 0.25) is 0 Å². The number of anilines is 1. The zero-order valence-corrected chi connectivity index (χ0v) is 10.4. The molecule has 18 heavy (non-hydrogen) atoms. The van der Waals surface area contributed by atoms with Crippen molar-refractivity contribution in [2.75, 3.05) is 5.32 Å². The van der Waals surface area contributed by atoms with Gasteiger partial charge in [-0.05, 0) is 37.6 Å². The zero-order chi connectivity index (χ0) is 13.1. The number of carbonyl (C=O) groups is 1. The normalized spacial score (nSPS) is 12.2. The first-order valence-corrected chi connectivity index (χ1v) is 5.80. The van der Waals surface area contributed by atoms with Gasteiger partial charge >= 0.3 is 0 Å². The fraction of sp³-hybridized carbons (Fsp3) is 0.214. The van der Waals surface area contributed by atoms with E-state index in [9.17, 15) is 4.79 Å². The quantitative estimate of drug-likeness (QED) is 0.872. The summed E-state index contributed by atoms with van der Waals surface area (Å²) in [7, 11) is 0. The highest BCUT2D eigenvalue weighted by Crippen LogP contribution is 2.17. The van der Waals surface area contributed by atoms with E-state index < -0.39 is 0 Å². The molecular weight excluding hydrogens is 228 g/mol. The third-order valence-corrected chi connectivity index (χ3v) is 2.69. The predicted molar refractivity (Wildman–Crippen MR) is 70.4 cm³/mol. The molecule has 0 aliphatic heterocycles. The molecule has 94 valence electrons. The van der Waals surface area contributed by atoms with Gasteiger partial charge in [-0.2, -0.15) is 0 Å². The molecule has 2 aromatic rings. The molecule has 0 fully saturated rings. The van der Waals surface area contributed by atoms with Gasteiger partial charge in [0, 0.05) is 5.69 Å². The van der Waals surface area contributed by atoms with Gasteiger partial charge in [0.25, 0.3) is 5.91 Å². The Bertz CT molecular complexity index is 558. The van der Waals surface area contributed by atoms with E-state index in [4.69, 9.17) is 10.2 Å². The van der Waals surface area contributed by atoms with E-state index in [0.717, 1.165) is 11.3 Å². The second-order valence-electron chi connectivity index (χ2n) is 4.26. The molecule has 1 heterocycles. The smallest absolute Gasteiger partial charge is 0.291 e. The Morgan fingerprint density at radius 3 is 2.61 bits per heavy atom. The Morgan fingerprint density at radius 2 is 2.00 bits per heavy atom. The summed E-state index contributed by atoms with van der Waals surface area (Å²) in [4.78, 5) is 12.0. The molecule has 1 amide bonds. The SMILES string of the molecule is Cc1ccccc1NC(=O)c1ccc(C(C)N)o1. The summed E-state index contributed by atoms with van der Waals surface area (Å²) in [5, 5.41) is 2.81. The van der Waals surface area contributed by atoms with Gasteiger partial charge in [-0.1, -0.05) is 18.2 Å². The first-order chi connectivity index (χ1) is 8.58. The van der Waals surface area contributed by atoms with Crippen molar-refractivity contribution in [3.63, 3.8) is 0 Å². The minimum atomic E-state index is -0.267. The van der Waals surface area contributed by atoms with Crippen LogP contribution in [0, 0.1) is 6.92 Å². The minimum absolute atomic E-state index is 0.218. The molecule has 0 saturated carbocycles. The third-order valence-electron chi connectivity index (χ3n) is 2.69. The van der Waals surface area contributed by atoms with Crippen LogP contribution in [0.4, 0.5) is 5.69 Å². The van der Waals surface area contributed by atoms with Crippen LogP contribution in [0.1, 0.15) is 34.8 Å². The lowest BCUT2D eigenvalue weighted by Gasteiger charge is -2.06. The van der Waals surface area contributed by atoms with Gasteiger partial charge < -0.3 is 15.5 Å². The summed E-state index contributed by atoms with van der Waals surface area (Å²) in [6.07, 6.45) is 0. The van der Waals surface area contributed by atoms with Crippen LogP contribution in [0.2, 0.25) is 0 Å². The number of hydrogen-bond acceptors (Lipinski definition) is 3. The molecule has 0 spiro atoms. The van der Waals surface area contributed by atoms with Gasteiger partial charge in [-0.15, -0.1) is 0 Å². The Hall–Kier alpha value is -2.07. The van der Waals surface area contributed by atoms with Crippen molar-refractivity contribution in [1.29, 1.82) is 0 Å². The number of aryl methyl sites for hydroxylation is 1. The number of rotatable bonds is 3. The molecular formula is C14H16N2O2. The van der Waals surface area contributed by atoms with Crippen molar-refractivity contribution in [1.82, 2.24) is 0 Å². The molecule has 1 aromatic carbocycles. The number of nitrogens with one attached hydrogen (secondary N) is 1. The van der Waals surface area contributed by atoms with Gasteiger partial charge in [0.1, 0.15) is 5.76 Å². The first kappa shape index (κ1) is 12.4. The maximum Gasteiger partial charge on any atom is 0.291 e. The summed E-state index contributed by atoms with van der Waals surface area (Å²) in [6.45, 7) is 3.74. The maximum atomic E-state index is 12.0. The van der Waals surface area contributed by atoms with Crippen LogP contribution in [0.3, 0.4) is 0 Å². The Labute approximate surface area is 106 Å². The van der Waals surface area contributed by atoms with Crippen molar-refractivity contribution in [2.24, 2.45) is 5.73 Å². The summed E-state index contributed by atoms with van der Waals surface area (Å²) in [5.74, 6) is 0.603. The van der Waals surface area contributed by atoms with Crippen molar-refractivity contribution >= 4 is 11.6 Å². The van der Waals surface area contributed by atoms with E-state index in [1.165, 1.54) is 0 Å². The lowest BCUT2D eigenvalue weighted by Crippen LogP contribution is -2.12. The number of para-hydroxylation sites is 1. The fourth-order valence-corrected chi connectivity index (χ4v) is 1.62. The van der Waals surface area contributed by atoms with Crippen molar-refractivity contribution in [3.8, 4) is 0 Å². The van der Waals surface area contributed by atoms with Crippen LogP contribution in [-0.4, -0.2) is 5.91 Å². The number of hydrogen-bond donors (Lipinski definition) is 2. The highest BCUT2D eigenvalue weighted by atomic mass is 16.4. The predicted octanol–water partition coefficient (Wildman–Crippen LogP) is 2.86. The number of furan rings is 1. The molecule has 1 atom stereocenters. The van der Waals surface area contributed by atoms with Crippen molar-refractivity contribution in [2.45, 2.75) is 19.9 Å². The van der Waals surface area contributed by atoms with Crippen molar-refractivity contribution < 1.29 is 9.21 Å². The van der Waals surface area contributed by atoms with Crippen LogP contribution in [0.25, 0.3) is 0 Å². The van der Waals surface area contributed by atoms with Crippen LogP contribution in [0.15, 0.2) is 40.8 Å². The molecule has 0 aliphatic rings. The Morgan fingerprint density at radius 1 is 1.28 bits per heavy atom. The molecule has 0 radical (unpaired) electrons. The van der Waals surface area contributed by atoms with E-state index in [1.54, 1.807) is 12.1 Å². The van der Waals surface area contributed by atoms with E-state index in [1.807, 2.05) is 38.1 Å². The topological polar surface area (TPSA) is 68.3 Å². The molecule has 1 unspecified atom stereocenters. The van der Waals surface area contributed by atoms with E-state index in [2.05, 4.69) is 5.32 Å². The monoisotopic (exact) mass is 244 g/mol. The van der Waals surface area contributed by atoms with Crippen LogP contribution < -0.4 is 11.1 Å². The van der Waals surface area contributed by atoms with E-state index in [-0.39, 0.29) is 17.7 Å². The van der Waals surface area contributed by atoms with Crippen LogP contribution in [0.5, 0.6) is 0 Å². The van der Waals surface area contributed by atoms with Crippen LogP contribution >= 0.6 is 0 Å². The molecule has 0 aliphatic carbocycles. The summed E-state index contributed by atoms with van der Waals surface area (Å²) in [5.41, 5.74) is 7.46. The second kappa shape index (κ2) is 5.06. The molecule has 0 saturated heterocycles. The minimum Gasteiger partial charge on any atom is -0.454 e. The van der Waals surface area contributed by atoms with Crippen LogP contribution in [-0.2, 0) is 0 Å². The first-order valence-electron chi connectivity index (χ1n) is 5.80. The lowest BCUT2D eigenvalue weighted by molar-refractivity contribution is 0.0994. The van der Waals surface area contributed by atoms with Gasteiger partial charge in [0.15, 0.2) is 5.76 Å². The highest BCUT2D eigenvalue weighted by molar-refractivity contribution is 6.02. The lowest BCUT2D eigenvalue weighted by atomic mass is 10.2. The largest absolute Gasteiger partial charge is 0.454 e. The molecule has 3 N–H and O–H groups in total. The number of nitrogens with two attached hydrogens (primary N) is 1. The van der Waals surface area contributed by atoms with Gasteiger partial charge in [0.05, 0.1) is 6.04 Å². The Kier molecular flexibility index (Phi) is 3.48. The third kappa shape index (κ3) is 2.60. The van der Waals surface area contributed by atoms with Gasteiger partial charge in [-0.3, -0.25) is 4.79 Å². The average Bonchev–Trinajstić information content (AvgIpc) is 2.81. The fourth-order valence-electron chi connectivity index (χ4n) is 1.62. The summed E-state index contributed by atoms with van der Waals surface area (Å²) >= 11 is 0. The number of benzene rings is 1. The highest BCUT2D eigenvalue weighted by Gasteiger charge is 2.13. The average molecular weight is 244 g/mol. The van der Waals surface area contributed by atoms with E-state index in [0.29, 0.717) is 5.76 Å². The number of amides is 1. The molecule has 1 aromatic heterocycles.